The Bertz CT molecular complexity index is 436. The maximum absolute atomic E-state index is 11.9. The van der Waals surface area contributed by atoms with Crippen LogP contribution in [0.25, 0.3) is 0 Å². The van der Waals surface area contributed by atoms with Crippen molar-refractivity contribution in [1.29, 1.82) is 0 Å². The molecule has 0 aromatic heterocycles. The molecule has 0 fully saturated rings. The highest BCUT2D eigenvalue weighted by atomic mass is 16.6. The Kier molecular flexibility index (Phi) is 3.85. The lowest BCUT2D eigenvalue weighted by atomic mass is 10.1. The third-order valence-corrected chi connectivity index (χ3v) is 1.92. The summed E-state index contributed by atoms with van der Waals surface area (Å²) >= 11 is 0. The molecule has 0 aliphatic carbocycles. The smallest absolute Gasteiger partial charge is 0.339 e. The van der Waals surface area contributed by atoms with Gasteiger partial charge in [-0.25, -0.2) is 10.6 Å². The molecule has 0 heterocycles. The Labute approximate surface area is 99.9 Å². The fourth-order valence-corrected chi connectivity index (χ4v) is 1.27. The van der Waals surface area contributed by atoms with Crippen molar-refractivity contribution in [2.24, 2.45) is 5.84 Å². The molecule has 5 nitrogen and oxygen atoms in total. The van der Waals surface area contributed by atoms with Crippen molar-refractivity contribution in [1.82, 2.24) is 5.43 Å². The van der Waals surface area contributed by atoms with Gasteiger partial charge in [-0.15, -0.1) is 0 Å². The summed E-state index contributed by atoms with van der Waals surface area (Å²) in [6, 6.07) is 6.35. The van der Waals surface area contributed by atoms with Gasteiger partial charge < -0.3 is 4.74 Å². The summed E-state index contributed by atoms with van der Waals surface area (Å²) in [5, 5.41) is 0. The number of carbonyl (C=O) groups excluding carboxylic acids is 2. The monoisotopic (exact) mass is 236 g/mol. The number of benzene rings is 1. The quantitative estimate of drug-likeness (QED) is 0.350. The average molecular weight is 236 g/mol. The zero-order valence-corrected chi connectivity index (χ0v) is 10.1. The molecule has 0 saturated heterocycles. The molecule has 3 N–H and O–H groups in total. The van der Waals surface area contributed by atoms with E-state index in [2.05, 4.69) is 0 Å². The van der Waals surface area contributed by atoms with Crippen LogP contribution in [-0.2, 0) is 4.74 Å². The minimum absolute atomic E-state index is 0.198. The second kappa shape index (κ2) is 4.97. The van der Waals surface area contributed by atoms with E-state index in [4.69, 9.17) is 10.6 Å². The number of carbonyl (C=O) groups is 2. The highest BCUT2D eigenvalue weighted by Gasteiger charge is 2.22. The summed E-state index contributed by atoms with van der Waals surface area (Å²) < 4.78 is 5.20. The van der Waals surface area contributed by atoms with Gasteiger partial charge in [-0.3, -0.25) is 10.2 Å². The Hall–Kier alpha value is -1.88. The summed E-state index contributed by atoms with van der Waals surface area (Å²) in [4.78, 5) is 23.3. The molecule has 1 aromatic rings. The van der Waals surface area contributed by atoms with Gasteiger partial charge in [-0.2, -0.15) is 0 Å². The maximum atomic E-state index is 11.9. The summed E-state index contributed by atoms with van der Waals surface area (Å²) in [5.74, 6) is 3.98. The van der Waals surface area contributed by atoms with Crippen LogP contribution < -0.4 is 11.3 Å². The van der Waals surface area contributed by atoms with Crippen LogP contribution >= 0.6 is 0 Å². The van der Waals surface area contributed by atoms with Gasteiger partial charge in [-0.05, 0) is 32.9 Å². The number of rotatable bonds is 2. The standard InChI is InChI=1S/C12H16N2O3/c1-12(2,3)17-11(16)9-7-5-4-6-8(9)10(15)14-13/h4-7H,13H2,1-3H3,(H,14,15). The van der Waals surface area contributed by atoms with E-state index in [1.54, 1.807) is 32.9 Å². The number of amides is 1. The van der Waals surface area contributed by atoms with Crippen molar-refractivity contribution in [3.8, 4) is 0 Å². The fourth-order valence-electron chi connectivity index (χ4n) is 1.27. The molecule has 0 spiro atoms. The first-order valence-electron chi connectivity index (χ1n) is 5.18. The molecule has 17 heavy (non-hydrogen) atoms. The third-order valence-electron chi connectivity index (χ3n) is 1.92. The van der Waals surface area contributed by atoms with E-state index >= 15 is 0 Å². The molecule has 0 unspecified atom stereocenters. The first kappa shape index (κ1) is 13.2. The van der Waals surface area contributed by atoms with Crippen LogP contribution in [0, 0.1) is 0 Å². The molecule has 0 aliphatic heterocycles. The van der Waals surface area contributed by atoms with Crippen LogP contribution in [0.2, 0.25) is 0 Å². The van der Waals surface area contributed by atoms with Crippen LogP contribution in [0.3, 0.4) is 0 Å². The predicted molar refractivity (Wildman–Crippen MR) is 63.3 cm³/mol. The summed E-state index contributed by atoms with van der Waals surface area (Å²) in [7, 11) is 0. The topological polar surface area (TPSA) is 81.4 Å². The third kappa shape index (κ3) is 3.57. The van der Waals surface area contributed by atoms with Crippen molar-refractivity contribution in [2.75, 3.05) is 0 Å². The summed E-state index contributed by atoms with van der Waals surface area (Å²) in [5.41, 5.74) is 1.78. The van der Waals surface area contributed by atoms with Gasteiger partial charge in [0.15, 0.2) is 0 Å². The van der Waals surface area contributed by atoms with Crippen molar-refractivity contribution in [3.63, 3.8) is 0 Å². The van der Waals surface area contributed by atoms with Crippen molar-refractivity contribution >= 4 is 11.9 Å². The van der Waals surface area contributed by atoms with E-state index in [9.17, 15) is 9.59 Å². The van der Waals surface area contributed by atoms with Crippen LogP contribution in [-0.4, -0.2) is 17.5 Å². The number of ether oxygens (including phenoxy) is 1. The van der Waals surface area contributed by atoms with E-state index < -0.39 is 17.5 Å². The van der Waals surface area contributed by atoms with Gasteiger partial charge in [0.05, 0.1) is 11.1 Å². The van der Waals surface area contributed by atoms with Gasteiger partial charge in [0.1, 0.15) is 5.60 Å². The summed E-state index contributed by atoms with van der Waals surface area (Å²) in [6.07, 6.45) is 0. The Balaban J connectivity index is 3.05. The highest BCUT2D eigenvalue weighted by Crippen LogP contribution is 2.15. The molecule has 5 heteroatoms. The van der Waals surface area contributed by atoms with Gasteiger partial charge in [0.25, 0.3) is 5.91 Å². The molecule has 0 saturated carbocycles. The zero-order valence-electron chi connectivity index (χ0n) is 10.1. The molecule has 0 atom stereocenters. The van der Waals surface area contributed by atoms with E-state index in [1.165, 1.54) is 12.1 Å². The van der Waals surface area contributed by atoms with E-state index in [1.807, 2.05) is 5.43 Å². The first-order chi connectivity index (χ1) is 7.85. The minimum atomic E-state index is -0.608. The summed E-state index contributed by atoms with van der Waals surface area (Å²) in [6.45, 7) is 5.28. The van der Waals surface area contributed by atoms with E-state index in [-0.39, 0.29) is 11.1 Å². The van der Waals surface area contributed by atoms with Crippen LogP contribution in [0.5, 0.6) is 0 Å². The lowest BCUT2D eigenvalue weighted by Crippen LogP contribution is -2.32. The number of nitrogens with one attached hydrogen (secondary N) is 1. The Morgan fingerprint density at radius 2 is 1.71 bits per heavy atom. The van der Waals surface area contributed by atoms with Gasteiger partial charge in [0, 0.05) is 0 Å². The normalized spacial score (nSPS) is 10.8. The molecular weight excluding hydrogens is 220 g/mol. The molecule has 0 bridgehead atoms. The minimum Gasteiger partial charge on any atom is -0.456 e. The molecule has 92 valence electrons. The molecule has 1 rings (SSSR count). The fraction of sp³-hybridized carbons (Fsp3) is 0.333. The van der Waals surface area contributed by atoms with Gasteiger partial charge in [0.2, 0.25) is 0 Å². The number of nitrogen functional groups attached to an aromatic ring is 1. The SMILES string of the molecule is CC(C)(C)OC(=O)c1ccccc1C(=O)NN. The Morgan fingerprint density at radius 3 is 2.18 bits per heavy atom. The molecule has 1 aromatic carbocycles. The molecule has 0 aliphatic rings. The number of hydrogen-bond acceptors (Lipinski definition) is 4. The van der Waals surface area contributed by atoms with Crippen molar-refractivity contribution < 1.29 is 14.3 Å². The largest absolute Gasteiger partial charge is 0.456 e. The highest BCUT2D eigenvalue weighted by molar-refractivity contribution is 6.05. The van der Waals surface area contributed by atoms with E-state index in [0.717, 1.165) is 0 Å². The van der Waals surface area contributed by atoms with Crippen LogP contribution in [0.1, 0.15) is 41.5 Å². The average Bonchev–Trinajstić information content (AvgIpc) is 2.25. The predicted octanol–water partition coefficient (Wildman–Crippen LogP) is 1.25. The number of nitrogens with two attached hydrogens (primary N) is 1. The maximum Gasteiger partial charge on any atom is 0.339 e. The number of hydrogen-bond donors (Lipinski definition) is 2. The molecule has 1 amide bonds. The van der Waals surface area contributed by atoms with Crippen molar-refractivity contribution in [3.05, 3.63) is 35.4 Å². The Morgan fingerprint density at radius 1 is 1.18 bits per heavy atom. The first-order valence-corrected chi connectivity index (χ1v) is 5.18. The number of hydrazine groups is 1. The van der Waals surface area contributed by atoms with Gasteiger partial charge in [-0.1, -0.05) is 12.1 Å². The second-order valence-corrected chi connectivity index (χ2v) is 4.52. The molecule has 0 radical (unpaired) electrons. The lowest BCUT2D eigenvalue weighted by Gasteiger charge is -2.20. The lowest BCUT2D eigenvalue weighted by molar-refractivity contribution is 0.00676. The van der Waals surface area contributed by atoms with E-state index in [0.29, 0.717) is 0 Å². The zero-order chi connectivity index (χ0) is 13.1. The molecular formula is C12H16N2O3. The van der Waals surface area contributed by atoms with Crippen LogP contribution in [0.15, 0.2) is 24.3 Å². The number of esters is 1. The van der Waals surface area contributed by atoms with Gasteiger partial charge >= 0.3 is 5.97 Å². The van der Waals surface area contributed by atoms with Crippen LogP contribution in [0.4, 0.5) is 0 Å². The second-order valence-electron chi connectivity index (χ2n) is 4.52. The van der Waals surface area contributed by atoms with Crippen molar-refractivity contribution in [2.45, 2.75) is 26.4 Å².